The van der Waals surface area contributed by atoms with Crippen molar-refractivity contribution in [1.29, 1.82) is 0 Å². The molecule has 4 heteroatoms. The van der Waals surface area contributed by atoms with Gasteiger partial charge in [0, 0.05) is 12.8 Å². The molecule has 0 spiro atoms. The SMILES string of the molecule is C=C(C)[C@@H]1CCC#C[C@@H](O)[C@@H](C(=C)C)c2cc(C(=O)OC(C)(C)C)c(o2)C1. The van der Waals surface area contributed by atoms with Gasteiger partial charge < -0.3 is 14.3 Å². The molecular formula is C23H30O4. The number of esters is 1. The fourth-order valence-electron chi connectivity index (χ4n) is 3.18. The Balaban J connectivity index is 2.56. The van der Waals surface area contributed by atoms with Gasteiger partial charge in [-0.1, -0.05) is 30.2 Å². The van der Waals surface area contributed by atoms with Gasteiger partial charge >= 0.3 is 5.97 Å². The Hall–Kier alpha value is -2.25. The molecule has 3 atom stereocenters. The molecule has 4 nitrogen and oxygen atoms in total. The molecule has 1 aromatic heterocycles. The van der Waals surface area contributed by atoms with Crippen molar-refractivity contribution in [3.8, 4) is 11.8 Å². The van der Waals surface area contributed by atoms with E-state index >= 15 is 0 Å². The number of fused-ring (bicyclic) bond motifs is 2. The van der Waals surface area contributed by atoms with E-state index < -0.39 is 23.6 Å². The Morgan fingerprint density at radius 2 is 1.96 bits per heavy atom. The van der Waals surface area contributed by atoms with Gasteiger partial charge in [0.25, 0.3) is 0 Å². The van der Waals surface area contributed by atoms with Crippen LogP contribution in [0.2, 0.25) is 0 Å². The van der Waals surface area contributed by atoms with Gasteiger partial charge in [-0.15, -0.1) is 5.92 Å². The lowest BCUT2D eigenvalue weighted by molar-refractivity contribution is 0.00670. The zero-order chi connectivity index (χ0) is 20.4. The van der Waals surface area contributed by atoms with Gasteiger partial charge in [0.2, 0.25) is 0 Å². The molecule has 0 fully saturated rings. The van der Waals surface area contributed by atoms with Gasteiger partial charge in [-0.05, 0) is 53.0 Å². The number of aliphatic hydroxyl groups excluding tert-OH is 1. The van der Waals surface area contributed by atoms with Gasteiger partial charge in [0.15, 0.2) is 0 Å². The number of ether oxygens (including phenoxy) is 1. The standard InChI is InChI=1S/C23H30O4/c1-14(2)16-10-8-9-11-18(24)21(15(3)4)20-13-17(19(12-16)26-20)22(25)27-23(5,6)7/h13,16,18,21,24H,1,3,8,10,12H2,2,4-7H3/t16-,18-,21-/m1/s1. The maximum Gasteiger partial charge on any atom is 0.342 e. The molecule has 2 bridgehead atoms. The van der Waals surface area contributed by atoms with Crippen molar-refractivity contribution in [1.82, 2.24) is 0 Å². The summed E-state index contributed by atoms with van der Waals surface area (Å²) in [6, 6.07) is 1.67. The van der Waals surface area contributed by atoms with Crippen LogP contribution < -0.4 is 0 Å². The Morgan fingerprint density at radius 3 is 2.52 bits per heavy atom. The molecule has 146 valence electrons. The lowest BCUT2D eigenvalue weighted by Gasteiger charge is -2.20. The Bertz CT molecular complexity index is 795. The first-order valence-corrected chi connectivity index (χ1v) is 9.32. The van der Waals surface area contributed by atoms with E-state index in [4.69, 9.17) is 9.15 Å². The molecule has 1 aromatic rings. The largest absolute Gasteiger partial charge is 0.464 e. The molecule has 0 saturated carbocycles. The molecule has 2 rings (SSSR count). The molecule has 2 heterocycles. The highest BCUT2D eigenvalue weighted by Crippen LogP contribution is 2.34. The number of carbonyl (C=O) groups is 1. The van der Waals surface area contributed by atoms with Crippen LogP contribution in [-0.2, 0) is 11.2 Å². The summed E-state index contributed by atoms with van der Waals surface area (Å²) in [5.41, 5.74) is 1.53. The van der Waals surface area contributed by atoms with Crippen LogP contribution in [0.3, 0.4) is 0 Å². The molecule has 1 aliphatic heterocycles. The number of furan rings is 1. The summed E-state index contributed by atoms with van der Waals surface area (Å²) in [7, 11) is 0. The van der Waals surface area contributed by atoms with Crippen LogP contribution in [0.25, 0.3) is 0 Å². The number of carbonyl (C=O) groups excluding carboxylic acids is 1. The highest BCUT2D eigenvalue weighted by atomic mass is 16.6. The predicted molar refractivity (Wildman–Crippen MR) is 106 cm³/mol. The minimum absolute atomic E-state index is 0.137. The smallest absolute Gasteiger partial charge is 0.342 e. The van der Waals surface area contributed by atoms with E-state index in [1.165, 1.54) is 0 Å². The summed E-state index contributed by atoms with van der Waals surface area (Å²) in [6.07, 6.45) is 1.04. The molecule has 27 heavy (non-hydrogen) atoms. The monoisotopic (exact) mass is 370 g/mol. The van der Waals surface area contributed by atoms with Crippen LogP contribution in [0, 0.1) is 17.8 Å². The van der Waals surface area contributed by atoms with E-state index in [2.05, 4.69) is 25.0 Å². The molecule has 0 aliphatic carbocycles. The summed E-state index contributed by atoms with van der Waals surface area (Å²) in [6.45, 7) is 17.3. The topological polar surface area (TPSA) is 59.7 Å². The third-order valence-electron chi connectivity index (χ3n) is 4.60. The Kier molecular flexibility index (Phi) is 6.38. The molecule has 1 aliphatic rings. The molecule has 0 unspecified atom stereocenters. The average Bonchev–Trinajstić information content (AvgIpc) is 2.89. The first kappa shape index (κ1) is 21.1. The third-order valence-corrected chi connectivity index (χ3v) is 4.60. The maximum atomic E-state index is 12.8. The van der Waals surface area contributed by atoms with Crippen LogP contribution in [0.5, 0.6) is 0 Å². The second-order valence-electron chi connectivity index (χ2n) is 8.36. The molecule has 0 radical (unpaired) electrons. The van der Waals surface area contributed by atoms with Crippen molar-refractivity contribution in [3.63, 3.8) is 0 Å². The van der Waals surface area contributed by atoms with E-state index in [1.807, 2.05) is 34.6 Å². The van der Waals surface area contributed by atoms with Crippen molar-refractivity contribution in [3.05, 3.63) is 47.5 Å². The molecular weight excluding hydrogens is 340 g/mol. The van der Waals surface area contributed by atoms with Gasteiger partial charge in [-0.2, -0.15) is 0 Å². The fraction of sp³-hybridized carbons (Fsp3) is 0.522. The highest BCUT2D eigenvalue weighted by molar-refractivity contribution is 5.91. The predicted octanol–water partition coefficient (Wildman–Crippen LogP) is 4.79. The minimum atomic E-state index is -0.936. The summed E-state index contributed by atoms with van der Waals surface area (Å²) >= 11 is 0. The maximum absolute atomic E-state index is 12.8. The van der Waals surface area contributed by atoms with E-state index in [1.54, 1.807) is 6.07 Å². The third kappa shape index (κ3) is 5.37. The fourth-order valence-corrected chi connectivity index (χ4v) is 3.18. The van der Waals surface area contributed by atoms with Crippen molar-refractivity contribution >= 4 is 5.97 Å². The number of hydrogen-bond acceptors (Lipinski definition) is 4. The van der Waals surface area contributed by atoms with E-state index in [9.17, 15) is 9.90 Å². The minimum Gasteiger partial charge on any atom is -0.464 e. The normalized spacial score (nSPS) is 22.8. The quantitative estimate of drug-likeness (QED) is 0.472. The van der Waals surface area contributed by atoms with E-state index in [0.29, 0.717) is 29.9 Å². The van der Waals surface area contributed by atoms with Gasteiger partial charge in [0.1, 0.15) is 28.8 Å². The lowest BCUT2D eigenvalue weighted by atomic mass is 9.89. The second kappa shape index (κ2) is 8.19. The van der Waals surface area contributed by atoms with E-state index in [0.717, 1.165) is 17.6 Å². The molecule has 0 aromatic carbocycles. The van der Waals surface area contributed by atoms with Crippen molar-refractivity contribution in [2.24, 2.45) is 5.92 Å². The molecule has 0 saturated heterocycles. The average molecular weight is 370 g/mol. The van der Waals surface area contributed by atoms with Crippen LogP contribution in [0.1, 0.15) is 75.3 Å². The number of aliphatic hydroxyl groups is 1. The highest BCUT2D eigenvalue weighted by Gasteiger charge is 2.31. The van der Waals surface area contributed by atoms with Crippen LogP contribution in [0.15, 0.2) is 34.8 Å². The number of allylic oxidation sites excluding steroid dienone is 1. The zero-order valence-electron chi connectivity index (χ0n) is 17.0. The number of hydrogen-bond donors (Lipinski definition) is 1. The summed E-state index contributed by atoms with van der Waals surface area (Å²) in [5, 5.41) is 10.6. The van der Waals surface area contributed by atoms with Gasteiger partial charge in [-0.25, -0.2) is 4.79 Å². The second-order valence-corrected chi connectivity index (χ2v) is 8.36. The number of rotatable bonds is 3. The molecule has 0 amide bonds. The van der Waals surface area contributed by atoms with Crippen molar-refractivity contribution < 1.29 is 19.1 Å². The zero-order valence-corrected chi connectivity index (χ0v) is 17.0. The lowest BCUT2D eigenvalue weighted by Crippen LogP contribution is -2.24. The van der Waals surface area contributed by atoms with Gasteiger partial charge in [-0.3, -0.25) is 0 Å². The van der Waals surface area contributed by atoms with Crippen LogP contribution in [-0.4, -0.2) is 22.8 Å². The Morgan fingerprint density at radius 1 is 1.30 bits per heavy atom. The van der Waals surface area contributed by atoms with E-state index in [-0.39, 0.29) is 5.92 Å². The van der Waals surface area contributed by atoms with Crippen LogP contribution >= 0.6 is 0 Å². The van der Waals surface area contributed by atoms with Crippen molar-refractivity contribution in [2.75, 3.05) is 0 Å². The summed E-state index contributed by atoms with van der Waals surface area (Å²) in [5.74, 6) is 6.22. The van der Waals surface area contributed by atoms with Crippen molar-refractivity contribution in [2.45, 2.75) is 71.5 Å². The first-order chi connectivity index (χ1) is 12.5. The van der Waals surface area contributed by atoms with Gasteiger partial charge in [0.05, 0.1) is 5.92 Å². The Labute approximate surface area is 162 Å². The first-order valence-electron chi connectivity index (χ1n) is 9.32. The summed E-state index contributed by atoms with van der Waals surface area (Å²) < 4.78 is 11.6. The summed E-state index contributed by atoms with van der Waals surface area (Å²) in [4.78, 5) is 12.8. The molecule has 1 N–H and O–H groups in total. The van der Waals surface area contributed by atoms with Crippen LogP contribution in [0.4, 0.5) is 0 Å².